The summed E-state index contributed by atoms with van der Waals surface area (Å²) in [5, 5.41) is 0. The lowest BCUT2D eigenvalue weighted by atomic mass is 10.3. The summed E-state index contributed by atoms with van der Waals surface area (Å²) in [6.45, 7) is 0. The minimum absolute atomic E-state index is 0.124. The standard InChI is InChI=1S/C10H7ClF2N2/c11-4-7-5-15(6-14-7)9-3-1-2-8(12)10(9)13/h1-3,5-6H,4H2. The third-order valence-corrected chi connectivity index (χ3v) is 2.26. The zero-order valence-corrected chi connectivity index (χ0v) is 8.38. The number of hydrogen-bond donors (Lipinski definition) is 0. The molecule has 0 spiro atoms. The van der Waals surface area contributed by atoms with Crippen LogP contribution in [-0.2, 0) is 5.88 Å². The fourth-order valence-corrected chi connectivity index (χ4v) is 1.39. The first kappa shape index (κ1) is 10.1. The van der Waals surface area contributed by atoms with E-state index in [1.807, 2.05) is 0 Å². The SMILES string of the molecule is Fc1cccc(-n2cnc(CCl)c2)c1F. The van der Waals surface area contributed by atoms with Crippen LogP contribution in [0, 0.1) is 11.6 Å². The van der Waals surface area contributed by atoms with Crippen LogP contribution in [0.15, 0.2) is 30.7 Å². The van der Waals surface area contributed by atoms with Crippen molar-refractivity contribution in [2.45, 2.75) is 5.88 Å². The summed E-state index contributed by atoms with van der Waals surface area (Å²) in [4.78, 5) is 3.92. The van der Waals surface area contributed by atoms with Crippen molar-refractivity contribution in [2.24, 2.45) is 0 Å². The Morgan fingerprint density at radius 3 is 2.80 bits per heavy atom. The predicted molar refractivity (Wildman–Crippen MR) is 53.0 cm³/mol. The average Bonchev–Trinajstić information content (AvgIpc) is 2.70. The Hall–Kier alpha value is -1.42. The maximum absolute atomic E-state index is 13.3. The van der Waals surface area contributed by atoms with Gasteiger partial charge < -0.3 is 4.57 Å². The molecule has 0 amide bonds. The highest BCUT2D eigenvalue weighted by atomic mass is 35.5. The second-order valence-electron chi connectivity index (χ2n) is 2.98. The Kier molecular flexibility index (Phi) is 2.68. The van der Waals surface area contributed by atoms with Crippen molar-refractivity contribution >= 4 is 11.6 Å². The molecule has 5 heteroatoms. The fraction of sp³-hybridized carbons (Fsp3) is 0.100. The van der Waals surface area contributed by atoms with Crippen LogP contribution in [0.4, 0.5) is 8.78 Å². The van der Waals surface area contributed by atoms with Gasteiger partial charge in [0.25, 0.3) is 0 Å². The van der Waals surface area contributed by atoms with E-state index < -0.39 is 11.6 Å². The molecular weight excluding hydrogens is 222 g/mol. The van der Waals surface area contributed by atoms with E-state index in [-0.39, 0.29) is 11.6 Å². The second kappa shape index (κ2) is 3.98. The molecule has 0 fully saturated rings. The van der Waals surface area contributed by atoms with E-state index in [4.69, 9.17) is 11.6 Å². The van der Waals surface area contributed by atoms with E-state index in [1.165, 1.54) is 23.0 Å². The van der Waals surface area contributed by atoms with Crippen molar-refractivity contribution in [3.05, 3.63) is 48.1 Å². The van der Waals surface area contributed by atoms with Gasteiger partial charge in [-0.2, -0.15) is 0 Å². The van der Waals surface area contributed by atoms with Crippen molar-refractivity contribution in [2.75, 3.05) is 0 Å². The van der Waals surface area contributed by atoms with Crippen LogP contribution < -0.4 is 0 Å². The van der Waals surface area contributed by atoms with Gasteiger partial charge in [-0.3, -0.25) is 0 Å². The van der Waals surface area contributed by atoms with E-state index in [2.05, 4.69) is 4.98 Å². The molecule has 0 aliphatic heterocycles. The Morgan fingerprint density at radius 2 is 2.13 bits per heavy atom. The van der Waals surface area contributed by atoms with Crippen molar-refractivity contribution in [3.63, 3.8) is 0 Å². The van der Waals surface area contributed by atoms with Crippen molar-refractivity contribution in [1.82, 2.24) is 9.55 Å². The number of hydrogen-bond acceptors (Lipinski definition) is 1. The highest BCUT2D eigenvalue weighted by molar-refractivity contribution is 6.16. The van der Waals surface area contributed by atoms with Gasteiger partial charge in [0.05, 0.1) is 23.6 Å². The van der Waals surface area contributed by atoms with Crippen LogP contribution in [0.2, 0.25) is 0 Å². The van der Waals surface area contributed by atoms with Gasteiger partial charge in [0.1, 0.15) is 0 Å². The number of aromatic nitrogens is 2. The minimum atomic E-state index is -0.893. The molecule has 1 heterocycles. The molecule has 2 aromatic rings. The predicted octanol–water partition coefficient (Wildman–Crippen LogP) is 2.89. The molecule has 0 radical (unpaired) electrons. The highest BCUT2D eigenvalue weighted by Gasteiger charge is 2.09. The summed E-state index contributed by atoms with van der Waals surface area (Å²) in [6.07, 6.45) is 2.96. The van der Waals surface area contributed by atoms with Gasteiger partial charge in [0, 0.05) is 6.20 Å². The monoisotopic (exact) mass is 228 g/mol. The van der Waals surface area contributed by atoms with Crippen LogP contribution in [0.25, 0.3) is 5.69 Å². The topological polar surface area (TPSA) is 17.8 Å². The van der Waals surface area contributed by atoms with Gasteiger partial charge in [-0.1, -0.05) is 6.07 Å². The van der Waals surface area contributed by atoms with Crippen LogP contribution in [-0.4, -0.2) is 9.55 Å². The average molecular weight is 229 g/mol. The molecule has 0 unspecified atom stereocenters. The molecule has 0 aliphatic carbocycles. The maximum Gasteiger partial charge on any atom is 0.182 e. The lowest BCUT2D eigenvalue weighted by Gasteiger charge is -2.03. The maximum atomic E-state index is 13.3. The van der Waals surface area contributed by atoms with Crippen molar-refractivity contribution in [1.29, 1.82) is 0 Å². The lowest BCUT2D eigenvalue weighted by Crippen LogP contribution is -1.96. The number of rotatable bonds is 2. The molecule has 0 saturated heterocycles. The van der Waals surface area contributed by atoms with Gasteiger partial charge in [-0.05, 0) is 12.1 Å². The molecule has 15 heavy (non-hydrogen) atoms. The molecular formula is C10H7ClF2N2. The first-order valence-electron chi connectivity index (χ1n) is 4.25. The van der Waals surface area contributed by atoms with E-state index in [0.29, 0.717) is 5.69 Å². The zero-order chi connectivity index (χ0) is 10.8. The Balaban J connectivity index is 2.49. The third kappa shape index (κ3) is 1.85. The molecule has 0 aliphatic rings. The summed E-state index contributed by atoms with van der Waals surface area (Å²) in [5.41, 5.74) is 0.735. The molecule has 0 saturated carbocycles. The minimum Gasteiger partial charge on any atom is -0.303 e. The van der Waals surface area contributed by atoms with E-state index >= 15 is 0 Å². The van der Waals surface area contributed by atoms with E-state index in [0.717, 1.165) is 6.07 Å². The van der Waals surface area contributed by atoms with Crippen LogP contribution >= 0.6 is 11.6 Å². The Morgan fingerprint density at radius 1 is 1.33 bits per heavy atom. The number of imidazole rings is 1. The van der Waals surface area contributed by atoms with Gasteiger partial charge in [-0.25, -0.2) is 13.8 Å². The quantitative estimate of drug-likeness (QED) is 0.723. The van der Waals surface area contributed by atoms with Gasteiger partial charge in [0.2, 0.25) is 0 Å². The van der Waals surface area contributed by atoms with Crippen molar-refractivity contribution in [3.8, 4) is 5.69 Å². The zero-order valence-electron chi connectivity index (χ0n) is 7.62. The van der Waals surface area contributed by atoms with Gasteiger partial charge in [-0.15, -0.1) is 11.6 Å². The molecule has 1 aromatic carbocycles. The number of benzene rings is 1. The smallest absolute Gasteiger partial charge is 0.182 e. The van der Waals surface area contributed by atoms with Crippen molar-refractivity contribution < 1.29 is 8.78 Å². The summed E-state index contributed by atoms with van der Waals surface area (Å²) in [6, 6.07) is 3.98. The molecule has 2 nitrogen and oxygen atoms in total. The summed E-state index contributed by atoms with van der Waals surface area (Å²) < 4.78 is 27.7. The molecule has 0 N–H and O–H groups in total. The Bertz CT molecular complexity index is 482. The van der Waals surface area contributed by atoms with E-state index in [1.54, 1.807) is 6.20 Å². The molecule has 2 rings (SSSR count). The largest absolute Gasteiger partial charge is 0.303 e. The number of nitrogens with zero attached hydrogens (tertiary/aromatic N) is 2. The molecule has 1 aromatic heterocycles. The fourth-order valence-electron chi connectivity index (χ4n) is 1.26. The summed E-state index contributed by atoms with van der Waals surface area (Å²) >= 11 is 5.56. The van der Waals surface area contributed by atoms with Crippen LogP contribution in [0.5, 0.6) is 0 Å². The number of halogens is 3. The molecule has 0 atom stereocenters. The van der Waals surface area contributed by atoms with Crippen LogP contribution in [0.3, 0.4) is 0 Å². The molecule has 78 valence electrons. The normalized spacial score (nSPS) is 10.6. The lowest BCUT2D eigenvalue weighted by molar-refractivity contribution is 0.504. The highest BCUT2D eigenvalue weighted by Crippen LogP contribution is 2.16. The Labute approximate surface area is 90.1 Å². The summed E-state index contributed by atoms with van der Waals surface area (Å²) in [7, 11) is 0. The van der Waals surface area contributed by atoms with E-state index in [9.17, 15) is 8.78 Å². The van der Waals surface area contributed by atoms with Gasteiger partial charge in [0.15, 0.2) is 11.6 Å². The number of alkyl halides is 1. The molecule has 0 bridgehead atoms. The summed E-state index contributed by atoms with van der Waals surface area (Å²) in [5.74, 6) is -1.53. The third-order valence-electron chi connectivity index (χ3n) is 1.98. The van der Waals surface area contributed by atoms with Crippen LogP contribution in [0.1, 0.15) is 5.69 Å². The second-order valence-corrected chi connectivity index (χ2v) is 3.25. The first-order chi connectivity index (χ1) is 7.22. The van der Waals surface area contributed by atoms with Gasteiger partial charge >= 0.3 is 0 Å². The first-order valence-corrected chi connectivity index (χ1v) is 4.79.